The number of aromatic nitrogens is 2. The van der Waals surface area contributed by atoms with Gasteiger partial charge in [0.15, 0.2) is 0 Å². The zero-order chi connectivity index (χ0) is 12.4. The van der Waals surface area contributed by atoms with E-state index in [1.165, 1.54) is 11.3 Å². The average molecular weight is 246 g/mol. The largest absolute Gasteiger partial charge is 0.383 e. The molecule has 0 aliphatic carbocycles. The summed E-state index contributed by atoms with van der Waals surface area (Å²) in [6, 6.07) is 3.83. The van der Waals surface area contributed by atoms with Crippen LogP contribution in [0.4, 0.5) is 0 Å². The van der Waals surface area contributed by atoms with E-state index in [0.29, 0.717) is 0 Å². The Hall–Kier alpha value is -1.75. The molecular weight excluding hydrogens is 232 g/mol. The molecule has 0 aromatic carbocycles. The quantitative estimate of drug-likeness (QED) is 0.645. The fourth-order valence-corrected chi connectivity index (χ4v) is 2.60. The van der Waals surface area contributed by atoms with Gasteiger partial charge in [-0.1, -0.05) is 13.8 Å². The number of hydrogen-bond donors (Lipinski definition) is 2. The van der Waals surface area contributed by atoms with Gasteiger partial charge in [-0.15, -0.1) is 11.3 Å². The lowest BCUT2D eigenvalue weighted by Gasteiger charge is -2.02. The molecule has 0 fully saturated rings. The molecule has 2 heterocycles. The third-order valence-electron chi connectivity index (χ3n) is 2.35. The fourth-order valence-electron chi connectivity index (χ4n) is 1.53. The van der Waals surface area contributed by atoms with Crippen molar-refractivity contribution in [3.63, 3.8) is 0 Å². The average Bonchev–Trinajstić information content (AvgIpc) is 2.75. The molecule has 0 spiro atoms. The molecule has 5 heteroatoms. The van der Waals surface area contributed by atoms with Crippen LogP contribution in [0.25, 0.3) is 10.6 Å². The number of nitrogen functional groups attached to an aromatic ring is 1. The van der Waals surface area contributed by atoms with Gasteiger partial charge >= 0.3 is 0 Å². The van der Waals surface area contributed by atoms with Crippen LogP contribution in [-0.4, -0.2) is 15.8 Å². The highest BCUT2D eigenvalue weighted by Crippen LogP contribution is 2.30. The minimum atomic E-state index is 0.0846. The predicted octanol–water partition coefficient (Wildman–Crippen LogP) is 2.61. The van der Waals surface area contributed by atoms with E-state index in [1.807, 2.05) is 12.1 Å². The van der Waals surface area contributed by atoms with Crippen molar-refractivity contribution in [2.24, 2.45) is 5.73 Å². The monoisotopic (exact) mass is 246 g/mol. The lowest BCUT2D eigenvalue weighted by atomic mass is 10.1. The highest BCUT2D eigenvalue weighted by molar-refractivity contribution is 7.17. The second-order valence-electron chi connectivity index (χ2n) is 4.04. The number of amidine groups is 1. The third-order valence-corrected chi connectivity index (χ3v) is 3.51. The summed E-state index contributed by atoms with van der Waals surface area (Å²) in [7, 11) is 0. The highest BCUT2D eigenvalue weighted by atomic mass is 32.1. The second kappa shape index (κ2) is 4.63. The summed E-state index contributed by atoms with van der Waals surface area (Å²) in [4.78, 5) is 9.39. The predicted molar refractivity (Wildman–Crippen MR) is 70.5 cm³/mol. The minimum Gasteiger partial charge on any atom is -0.383 e. The van der Waals surface area contributed by atoms with E-state index in [4.69, 9.17) is 11.1 Å². The maximum absolute atomic E-state index is 7.58. The zero-order valence-electron chi connectivity index (χ0n) is 9.77. The van der Waals surface area contributed by atoms with E-state index in [2.05, 4.69) is 23.8 Å². The van der Waals surface area contributed by atoms with E-state index < -0.39 is 0 Å². The normalized spacial score (nSPS) is 10.8. The Bertz CT molecular complexity index is 531. The van der Waals surface area contributed by atoms with Gasteiger partial charge < -0.3 is 5.73 Å². The molecule has 17 heavy (non-hydrogen) atoms. The lowest BCUT2D eigenvalue weighted by Crippen LogP contribution is -2.12. The Morgan fingerprint density at radius 1 is 1.47 bits per heavy atom. The molecular formula is C12H14N4S. The van der Waals surface area contributed by atoms with Gasteiger partial charge in [-0.2, -0.15) is 0 Å². The van der Waals surface area contributed by atoms with Crippen LogP contribution >= 0.6 is 11.3 Å². The Morgan fingerprint density at radius 2 is 2.24 bits per heavy atom. The van der Waals surface area contributed by atoms with E-state index in [9.17, 15) is 0 Å². The Balaban J connectivity index is 2.51. The van der Waals surface area contributed by atoms with Crippen LogP contribution in [0.3, 0.4) is 0 Å². The molecule has 4 nitrogen and oxygen atoms in total. The number of thiazole rings is 1. The van der Waals surface area contributed by atoms with Gasteiger partial charge in [0.05, 0.1) is 10.6 Å². The van der Waals surface area contributed by atoms with E-state index >= 15 is 0 Å². The number of nitrogens with zero attached hydrogens (tertiary/aromatic N) is 2. The van der Waals surface area contributed by atoms with Gasteiger partial charge in [0.2, 0.25) is 0 Å². The molecule has 2 aromatic heterocycles. The van der Waals surface area contributed by atoms with Crippen molar-refractivity contribution in [3.05, 3.63) is 35.1 Å². The minimum absolute atomic E-state index is 0.0846. The first kappa shape index (κ1) is 11.7. The van der Waals surface area contributed by atoms with Gasteiger partial charge in [-0.05, 0) is 18.1 Å². The standard InChI is InChI=1S/C12H14N4S/c1-7(2)9-10(11(13)14)17-12(16-9)8-4-3-5-15-6-8/h3-7H,1-2H3,(H3,13,14). The summed E-state index contributed by atoms with van der Waals surface area (Å²) in [5.74, 6) is 0.344. The third kappa shape index (κ3) is 2.34. The number of hydrogen-bond acceptors (Lipinski definition) is 4. The Labute approximate surface area is 104 Å². The first-order chi connectivity index (χ1) is 8.09. The number of pyridine rings is 1. The maximum atomic E-state index is 7.58. The molecule has 0 amide bonds. The highest BCUT2D eigenvalue weighted by Gasteiger charge is 2.17. The Kier molecular flexibility index (Phi) is 3.19. The molecule has 0 aliphatic heterocycles. The topological polar surface area (TPSA) is 75.7 Å². The van der Waals surface area contributed by atoms with Crippen molar-refractivity contribution in [3.8, 4) is 10.6 Å². The van der Waals surface area contributed by atoms with E-state index in [-0.39, 0.29) is 11.8 Å². The summed E-state index contributed by atoms with van der Waals surface area (Å²) in [6.45, 7) is 4.10. The van der Waals surface area contributed by atoms with Gasteiger partial charge in [-0.25, -0.2) is 4.98 Å². The summed E-state index contributed by atoms with van der Waals surface area (Å²) in [5.41, 5.74) is 7.44. The van der Waals surface area contributed by atoms with Crippen LogP contribution in [0.5, 0.6) is 0 Å². The van der Waals surface area contributed by atoms with Crippen molar-refractivity contribution in [2.45, 2.75) is 19.8 Å². The number of nitrogens with one attached hydrogen (secondary N) is 1. The first-order valence-electron chi connectivity index (χ1n) is 5.35. The van der Waals surface area contributed by atoms with Crippen LogP contribution in [0.15, 0.2) is 24.5 Å². The molecule has 0 saturated carbocycles. The van der Waals surface area contributed by atoms with Crippen molar-refractivity contribution in [2.75, 3.05) is 0 Å². The smallest absolute Gasteiger partial charge is 0.135 e. The van der Waals surface area contributed by atoms with Crippen molar-refractivity contribution < 1.29 is 0 Å². The number of nitrogens with two attached hydrogens (primary N) is 1. The van der Waals surface area contributed by atoms with Gasteiger partial charge in [-0.3, -0.25) is 10.4 Å². The van der Waals surface area contributed by atoms with Crippen molar-refractivity contribution >= 4 is 17.2 Å². The molecule has 3 N–H and O–H groups in total. The van der Waals surface area contributed by atoms with E-state index in [0.717, 1.165) is 21.1 Å². The zero-order valence-corrected chi connectivity index (χ0v) is 10.6. The summed E-state index contributed by atoms with van der Waals surface area (Å²) in [5, 5.41) is 8.45. The lowest BCUT2D eigenvalue weighted by molar-refractivity contribution is 0.831. The first-order valence-corrected chi connectivity index (χ1v) is 6.16. The van der Waals surface area contributed by atoms with Crippen molar-refractivity contribution in [1.29, 1.82) is 5.41 Å². The molecule has 0 saturated heterocycles. The summed E-state index contributed by atoms with van der Waals surface area (Å²) < 4.78 is 0. The van der Waals surface area contributed by atoms with E-state index in [1.54, 1.807) is 12.4 Å². The van der Waals surface area contributed by atoms with Gasteiger partial charge in [0.1, 0.15) is 10.8 Å². The SMILES string of the molecule is CC(C)c1nc(-c2cccnc2)sc1C(=N)N. The van der Waals surface area contributed by atoms with Crippen molar-refractivity contribution in [1.82, 2.24) is 9.97 Å². The Morgan fingerprint density at radius 3 is 2.71 bits per heavy atom. The van der Waals surface area contributed by atoms with Gasteiger partial charge in [0.25, 0.3) is 0 Å². The van der Waals surface area contributed by atoms with Gasteiger partial charge in [0, 0.05) is 18.0 Å². The maximum Gasteiger partial charge on any atom is 0.135 e. The fraction of sp³-hybridized carbons (Fsp3) is 0.250. The van der Waals surface area contributed by atoms with Crippen LogP contribution in [0.2, 0.25) is 0 Å². The van der Waals surface area contributed by atoms with Crippen LogP contribution in [0.1, 0.15) is 30.3 Å². The molecule has 0 radical (unpaired) electrons. The number of rotatable bonds is 3. The molecule has 0 aliphatic rings. The summed E-state index contributed by atoms with van der Waals surface area (Å²) >= 11 is 1.45. The molecule has 0 unspecified atom stereocenters. The summed E-state index contributed by atoms with van der Waals surface area (Å²) in [6.07, 6.45) is 3.50. The van der Waals surface area contributed by atoms with Crippen LogP contribution in [0, 0.1) is 5.41 Å². The second-order valence-corrected chi connectivity index (χ2v) is 5.04. The van der Waals surface area contributed by atoms with Crippen LogP contribution < -0.4 is 5.73 Å². The molecule has 0 bridgehead atoms. The molecule has 2 rings (SSSR count). The molecule has 2 aromatic rings. The molecule has 0 atom stereocenters. The molecule has 88 valence electrons. The van der Waals surface area contributed by atoms with Crippen LogP contribution in [-0.2, 0) is 0 Å².